The van der Waals surface area contributed by atoms with Crippen molar-refractivity contribution >= 4 is 59.4 Å². The van der Waals surface area contributed by atoms with Crippen LogP contribution in [0.25, 0.3) is 0 Å². The lowest BCUT2D eigenvalue weighted by Crippen LogP contribution is -2.14. The smallest absolute Gasteiger partial charge is 0.262 e. The van der Waals surface area contributed by atoms with Gasteiger partial charge in [0.05, 0.1) is 5.69 Å². The Morgan fingerprint density at radius 2 is 1.75 bits per heavy atom. The van der Waals surface area contributed by atoms with Gasteiger partial charge in [-0.05, 0) is 56.1 Å². The zero-order chi connectivity index (χ0) is 14.9. The monoisotopic (exact) mass is 465 g/mol. The summed E-state index contributed by atoms with van der Waals surface area (Å²) in [6.07, 6.45) is 0. The maximum Gasteiger partial charge on any atom is 0.262 e. The number of rotatable bonds is 2. The van der Waals surface area contributed by atoms with Crippen molar-refractivity contribution in [1.82, 2.24) is 0 Å². The molecule has 0 atom stereocenters. The van der Waals surface area contributed by atoms with Crippen molar-refractivity contribution < 1.29 is 14.3 Å². The molecule has 0 aliphatic rings. The molecule has 0 aliphatic carbocycles. The van der Waals surface area contributed by atoms with Crippen LogP contribution in [0, 0.1) is 5.82 Å². The Balaban J connectivity index is 2.38. The van der Waals surface area contributed by atoms with E-state index in [1.807, 2.05) is 0 Å². The molecule has 0 unspecified atom stereocenters. The standard InChI is InChI=1S/C13H7Br3FNO2/c14-6-4-7(15)12(8(16)5-6)18-13(20)11-9(17)2-1-3-10(11)19/h1-5,19H,(H,18,20). The fraction of sp³-hybridized carbons (Fsp3) is 0. The van der Waals surface area contributed by atoms with Gasteiger partial charge in [-0.3, -0.25) is 4.79 Å². The van der Waals surface area contributed by atoms with Crippen LogP contribution in [0.15, 0.2) is 43.7 Å². The molecular weight excluding hydrogens is 461 g/mol. The molecule has 104 valence electrons. The lowest BCUT2D eigenvalue weighted by atomic mass is 10.1. The van der Waals surface area contributed by atoms with E-state index in [0.717, 1.165) is 10.5 Å². The molecule has 2 aromatic rings. The number of anilines is 1. The van der Waals surface area contributed by atoms with Gasteiger partial charge in [-0.25, -0.2) is 4.39 Å². The van der Waals surface area contributed by atoms with Crippen molar-refractivity contribution in [3.05, 3.63) is 55.1 Å². The molecule has 2 N–H and O–H groups in total. The van der Waals surface area contributed by atoms with E-state index in [2.05, 4.69) is 53.1 Å². The van der Waals surface area contributed by atoms with Gasteiger partial charge < -0.3 is 10.4 Å². The summed E-state index contributed by atoms with van der Waals surface area (Å²) in [5.74, 6) is -1.93. The highest BCUT2D eigenvalue weighted by molar-refractivity contribution is 9.11. The van der Waals surface area contributed by atoms with E-state index in [-0.39, 0.29) is 0 Å². The van der Waals surface area contributed by atoms with Crippen molar-refractivity contribution in [2.24, 2.45) is 0 Å². The Morgan fingerprint density at radius 3 is 2.30 bits per heavy atom. The van der Waals surface area contributed by atoms with Crippen LogP contribution < -0.4 is 5.32 Å². The van der Waals surface area contributed by atoms with Gasteiger partial charge in [-0.2, -0.15) is 0 Å². The third-order valence-corrected chi connectivity index (χ3v) is 4.17. The van der Waals surface area contributed by atoms with Crippen LogP contribution in [0.3, 0.4) is 0 Å². The molecule has 2 aromatic carbocycles. The first-order valence-corrected chi connectivity index (χ1v) is 7.71. The zero-order valence-corrected chi connectivity index (χ0v) is 14.5. The number of phenols is 1. The summed E-state index contributed by atoms with van der Waals surface area (Å²) in [6.45, 7) is 0. The molecule has 0 radical (unpaired) electrons. The summed E-state index contributed by atoms with van der Waals surface area (Å²) in [4.78, 5) is 12.1. The first-order chi connectivity index (χ1) is 9.40. The summed E-state index contributed by atoms with van der Waals surface area (Å²) >= 11 is 9.92. The number of carbonyl (C=O) groups excluding carboxylic acids is 1. The van der Waals surface area contributed by atoms with E-state index >= 15 is 0 Å². The Morgan fingerprint density at radius 1 is 1.15 bits per heavy atom. The second-order valence-corrected chi connectivity index (χ2v) is 6.46. The number of hydrogen-bond donors (Lipinski definition) is 2. The molecule has 7 heteroatoms. The minimum Gasteiger partial charge on any atom is -0.507 e. The van der Waals surface area contributed by atoms with Crippen molar-refractivity contribution in [2.45, 2.75) is 0 Å². The molecule has 0 saturated heterocycles. The number of aromatic hydroxyl groups is 1. The molecule has 0 aliphatic heterocycles. The highest BCUT2D eigenvalue weighted by Crippen LogP contribution is 2.35. The molecule has 0 heterocycles. The number of nitrogens with one attached hydrogen (secondary N) is 1. The van der Waals surface area contributed by atoms with E-state index in [1.54, 1.807) is 12.1 Å². The minimum atomic E-state index is -0.785. The van der Waals surface area contributed by atoms with Crippen LogP contribution in [-0.2, 0) is 0 Å². The predicted octanol–water partition coefficient (Wildman–Crippen LogP) is 5.07. The fourth-order valence-corrected chi connectivity index (χ4v) is 4.03. The molecule has 0 saturated carbocycles. The van der Waals surface area contributed by atoms with Crippen LogP contribution >= 0.6 is 47.8 Å². The number of carbonyl (C=O) groups is 1. The second-order valence-electron chi connectivity index (χ2n) is 3.83. The van der Waals surface area contributed by atoms with Crippen LogP contribution in [0.4, 0.5) is 10.1 Å². The Labute approximate surface area is 139 Å². The highest BCUT2D eigenvalue weighted by atomic mass is 79.9. The average molecular weight is 468 g/mol. The maximum atomic E-state index is 13.6. The Kier molecular flexibility index (Phi) is 4.82. The molecule has 0 aromatic heterocycles. The second kappa shape index (κ2) is 6.24. The van der Waals surface area contributed by atoms with Crippen molar-refractivity contribution in [3.63, 3.8) is 0 Å². The van der Waals surface area contributed by atoms with E-state index in [4.69, 9.17) is 0 Å². The molecular formula is C13H7Br3FNO2. The average Bonchev–Trinajstić information content (AvgIpc) is 2.33. The molecule has 20 heavy (non-hydrogen) atoms. The molecule has 3 nitrogen and oxygen atoms in total. The Hall–Kier alpha value is -0.920. The molecule has 0 fully saturated rings. The fourth-order valence-electron chi connectivity index (χ4n) is 1.58. The Bertz CT molecular complexity index is 648. The summed E-state index contributed by atoms with van der Waals surface area (Å²) in [7, 11) is 0. The van der Waals surface area contributed by atoms with Gasteiger partial charge >= 0.3 is 0 Å². The molecule has 2 rings (SSSR count). The predicted molar refractivity (Wildman–Crippen MR) is 85.6 cm³/mol. The van der Waals surface area contributed by atoms with E-state index in [9.17, 15) is 14.3 Å². The summed E-state index contributed by atoms with van der Waals surface area (Å²) in [6, 6.07) is 7.17. The third kappa shape index (κ3) is 3.21. The normalized spacial score (nSPS) is 10.4. The molecule has 0 bridgehead atoms. The van der Waals surface area contributed by atoms with Gasteiger partial charge in [-0.1, -0.05) is 22.0 Å². The quantitative estimate of drug-likeness (QED) is 0.647. The van der Waals surface area contributed by atoms with Gasteiger partial charge in [-0.15, -0.1) is 0 Å². The van der Waals surface area contributed by atoms with Crippen LogP contribution in [0.5, 0.6) is 5.75 Å². The number of amides is 1. The lowest BCUT2D eigenvalue weighted by molar-refractivity contribution is 0.102. The van der Waals surface area contributed by atoms with Crippen LogP contribution in [0.1, 0.15) is 10.4 Å². The van der Waals surface area contributed by atoms with Crippen LogP contribution in [-0.4, -0.2) is 11.0 Å². The van der Waals surface area contributed by atoms with Gasteiger partial charge in [0.25, 0.3) is 5.91 Å². The van der Waals surface area contributed by atoms with Crippen molar-refractivity contribution in [2.75, 3.05) is 5.32 Å². The molecule has 0 spiro atoms. The number of hydrogen-bond acceptors (Lipinski definition) is 2. The van der Waals surface area contributed by atoms with Gasteiger partial charge in [0.15, 0.2) is 0 Å². The zero-order valence-electron chi connectivity index (χ0n) is 9.75. The third-order valence-electron chi connectivity index (χ3n) is 2.46. The number of benzene rings is 2. The van der Waals surface area contributed by atoms with Crippen molar-refractivity contribution in [3.8, 4) is 5.75 Å². The van der Waals surface area contributed by atoms with Gasteiger partial charge in [0.1, 0.15) is 17.1 Å². The summed E-state index contributed by atoms with van der Waals surface area (Å²) < 4.78 is 15.7. The molecule has 1 amide bonds. The number of halogens is 4. The lowest BCUT2D eigenvalue weighted by Gasteiger charge is -2.11. The summed E-state index contributed by atoms with van der Waals surface area (Å²) in [5, 5.41) is 12.1. The first kappa shape index (κ1) is 15.5. The number of phenolic OH excluding ortho intramolecular Hbond substituents is 1. The SMILES string of the molecule is O=C(Nc1c(Br)cc(Br)cc1Br)c1c(O)cccc1F. The largest absolute Gasteiger partial charge is 0.507 e. The highest BCUT2D eigenvalue weighted by Gasteiger charge is 2.18. The van der Waals surface area contributed by atoms with Gasteiger partial charge in [0, 0.05) is 13.4 Å². The van der Waals surface area contributed by atoms with Crippen LogP contribution in [0.2, 0.25) is 0 Å². The minimum absolute atomic E-state index is 0.394. The van der Waals surface area contributed by atoms with E-state index < -0.39 is 23.0 Å². The van der Waals surface area contributed by atoms with Gasteiger partial charge in [0.2, 0.25) is 0 Å². The van der Waals surface area contributed by atoms with Crippen molar-refractivity contribution in [1.29, 1.82) is 0 Å². The summed E-state index contributed by atoms with van der Waals surface area (Å²) in [5.41, 5.74) is 0.0510. The van der Waals surface area contributed by atoms with E-state index in [0.29, 0.717) is 14.6 Å². The van der Waals surface area contributed by atoms with E-state index in [1.165, 1.54) is 12.1 Å². The maximum absolute atomic E-state index is 13.6. The first-order valence-electron chi connectivity index (χ1n) is 5.33. The topological polar surface area (TPSA) is 49.3 Å².